The van der Waals surface area contributed by atoms with Crippen LogP contribution in [0.3, 0.4) is 0 Å². The van der Waals surface area contributed by atoms with Crippen LogP contribution in [-0.2, 0) is 12.8 Å². The standard InChI is InChI=1S/C14H14N2O2S/c1-2-3-11-14(19-16-15-11)13(17)10-4-5-12-9(8-10)6-7-18-12/h4-5,8H,2-3,6-7H2,1H3. The van der Waals surface area contributed by atoms with E-state index in [1.807, 2.05) is 18.2 Å². The summed E-state index contributed by atoms with van der Waals surface area (Å²) in [5.41, 5.74) is 2.63. The number of nitrogens with zero attached hydrogens (tertiary/aromatic N) is 2. The Morgan fingerprint density at radius 1 is 1.47 bits per heavy atom. The third-order valence-corrected chi connectivity index (χ3v) is 3.97. The molecule has 2 aromatic rings. The van der Waals surface area contributed by atoms with E-state index < -0.39 is 0 Å². The monoisotopic (exact) mass is 274 g/mol. The molecule has 5 heteroatoms. The first kappa shape index (κ1) is 12.3. The van der Waals surface area contributed by atoms with Gasteiger partial charge in [0, 0.05) is 12.0 Å². The van der Waals surface area contributed by atoms with Gasteiger partial charge in [0.15, 0.2) is 0 Å². The summed E-state index contributed by atoms with van der Waals surface area (Å²) in [5, 5.41) is 4.05. The van der Waals surface area contributed by atoms with Crippen LogP contribution in [0.25, 0.3) is 0 Å². The summed E-state index contributed by atoms with van der Waals surface area (Å²) in [6, 6.07) is 5.63. The molecule has 0 fully saturated rings. The van der Waals surface area contributed by atoms with E-state index in [0.29, 0.717) is 17.0 Å². The van der Waals surface area contributed by atoms with Crippen molar-refractivity contribution in [1.29, 1.82) is 0 Å². The Bertz CT molecular complexity index is 622. The van der Waals surface area contributed by atoms with E-state index in [-0.39, 0.29) is 5.78 Å². The minimum Gasteiger partial charge on any atom is -0.493 e. The molecule has 0 saturated heterocycles. The van der Waals surface area contributed by atoms with Crippen molar-refractivity contribution in [3.63, 3.8) is 0 Å². The molecule has 1 aliphatic rings. The normalized spacial score (nSPS) is 13.1. The second-order valence-electron chi connectivity index (χ2n) is 4.55. The van der Waals surface area contributed by atoms with Gasteiger partial charge in [0.25, 0.3) is 0 Å². The zero-order chi connectivity index (χ0) is 13.2. The van der Waals surface area contributed by atoms with Gasteiger partial charge < -0.3 is 4.74 Å². The largest absolute Gasteiger partial charge is 0.493 e. The molecule has 0 spiro atoms. The molecule has 19 heavy (non-hydrogen) atoms. The van der Waals surface area contributed by atoms with E-state index in [0.717, 1.165) is 36.3 Å². The molecular formula is C14H14N2O2S. The van der Waals surface area contributed by atoms with Gasteiger partial charge in [0.1, 0.15) is 10.6 Å². The average molecular weight is 274 g/mol. The number of ketones is 1. The fraction of sp³-hybridized carbons (Fsp3) is 0.357. The Labute approximate surface area is 115 Å². The highest BCUT2D eigenvalue weighted by molar-refractivity contribution is 7.08. The van der Waals surface area contributed by atoms with Crippen LogP contribution in [0.1, 0.15) is 39.8 Å². The Balaban J connectivity index is 1.93. The molecule has 2 heterocycles. The molecule has 0 saturated carbocycles. The number of aromatic nitrogens is 2. The molecule has 1 aliphatic heterocycles. The van der Waals surface area contributed by atoms with Crippen molar-refractivity contribution in [3.05, 3.63) is 39.9 Å². The highest BCUT2D eigenvalue weighted by Gasteiger charge is 2.20. The van der Waals surface area contributed by atoms with Crippen LogP contribution in [0, 0.1) is 0 Å². The smallest absolute Gasteiger partial charge is 0.206 e. The average Bonchev–Trinajstić information content (AvgIpc) is 3.05. The van der Waals surface area contributed by atoms with Crippen LogP contribution >= 0.6 is 11.5 Å². The van der Waals surface area contributed by atoms with Crippen LogP contribution in [0.2, 0.25) is 0 Å². The van der Waals surface area contributed by atoms with E-state index >= 15 is 0 Å². The quantitative estimate of drug-likeness (QED) is 0.804. The number of hydrogen-bond acceptors (Lipinski definition) is 5. The van der Waals surface area contributed by atoms with Crippen molar-refractivity contribution < 1.29 is 9.53 Å². The molecule has 0 atom stereocenters. The molecule has 0 amide bonds. The van der Waals surface area contributed by atoms with Crippen LogP contribution in [0.5, 0.6) is 5.75 Å². The summed E-state index contributed by atoms with van der Waals surface area (Å²) >= 11 is 1.18. The topological polar surface area (TPSA) is 52.1 Å². The Morgan fingerprint density at radius 2 is 2.37 bits per heavy atom. The number of hydrogen-bond donors (Lipinski definition) is 0. The third kappa shape index (κ3) is 2.26. The van der Waals surface area contributed by atoms with Crippen LogP contribution < -0.4 is 4.74 Å². The van der Waals surface area contributed by atoms with Gasteiger partial charge in [-0.1, -0.05) is 17.8 Å². The first-order valence-electron chi connectivity index (χ1n) is 6.41. The van der Waals surface area contributed by atoms with E-state index in [1.165, 1.54) is 11.5 Å². The first-order chi connectivity index (χ1) is 9.29. The van der Waals surface area contributed by atoms with Gasteiger partial charge >= 0.3 is 0 Å². The number of ether oxygens (including phenoxy) is 1. The van der Waals surface area contributed by atoms with E-state index in [1.54, 1.807) is 0 Å². The Kier molecular flexibility index (Phi) is 3.29. The van der Waals surface area contributed by atoms with Gasteiger partial charge in [-0.15, -0.1) is 5.10 Å². The summed E-state index contributed by atoms with van der Waals surface area (Å²) < 4.78 is 9.36. The van der Waals surface area contributed by atoms with Gasteiger partial charge in [0.2, 0.25) is 5.78 Å². The lowest BCUT2D eigenvalue weighted by molar-refractivity contribution is 0.104. The maximum atomic E-state index is 12.5. The van der Waals surface area contributed by atoms with Gasteiger partial charge in [0.05, 0.1) is 12.3 Å². The van der Waals surface area contributed by atoms with Gasteiger partial charge in [-0.05, 0) is 41.7 Å². The molecule has 4 nitrogen and oxygen atoms in total. The predicted molar refractivity (Wildman–Crippen MR) is 73.0 cm³/mol. The van der Waals surface area contributed by atoms with Crippen LogP contribution in [-0.4, -0.2) is 22.0 Å². The minimum atomic E-state index is 0.0214. The summed E-state index contributed by atoms with van der Waals surface area (Å²) in [6.45, 7) is 2.77. The van der Waals surface area contributed by atoms with E-state index in [2.05, 4.69) is 16.5 Å². The van der Waals surface area contributed by atoms with Crippen LogP contribution in [0.15, 0.2) is 18.2 Å². The minimum absolute atomic E-state index is 0.0214. The predicted octanol–water partition coefficient (Wildman–Crippen LogP) is 2.66. The summed E-state index contributed by atoms with van der Waals surface area (Å²) in [6.07, 6.45) is 2.63. The second kappa shape index (κ2) is 5.09. The molecule has 0 N–H and O–H groups in total. The molecule has 1 aromatic carbocycles. The van der Waals surface area contributed by atoms with Crippen molar-refractivity contribution in [2.24, 2.45) is 0 Å². The number of carbonyl (C=O) groups excluding carboxylic acids is 1. The van der Waals surface area contributed by atoms with Crippen molar-refractivity contribution in [2.45, 2.75) is 26.2 Å². The number of fused-ring (bicyclic) bond motifs is 1. The molecule has 98 valence electrons. The Morgan fingerprint density at radius 3 is 3.21 bits per heavy atom. The zero-order valence-corrected chi connectivity index (χ0v) is 11.5. The third-order valence-electron chi connectivity index (χ3n) is 3.20. The SMILES string of the molecule is CCCc1nnsc1C(=O)c1ccc2c(c1)CCO2. The second-order valence-corrected chi connectivity index (χ2v) is 5.30. The fourth-order valence-electron chi connectivity index (χ4n) is 2.24. The van der Waals surface area contributed by atoms with E-state index in [4.69, 9.17) is 4.74 Å². The highest BCUT2D eigenvalue weighted by atomic mass is 32.1. The number of rotatable bonds is 4. The zero-order valence-electron chi connectivity index (χ0n) is 10.7. The number of benzene rings is 1. The molecular weight excluding hydrogens is 260 g/mol. The van der Waals surface area contributed by atoms with Gasteiger partial charge in [-0.2, -0.15) is 0 Å². The van der Waals surface area contributed by atoms with Crippen LogP contribution in [0.4, 0.5) is 0 Å². The number of aryl methyl sites for hydroxylation is 1. The lowest BCUT2D eigenvalue weighted by Crippen LogP contribution is -2.03. The molecule has 0 radical (unpaired) electrons. The molecule has 0 aliphatic carbocycles. The highest BCUT2D eigenvalue weighted by Crippen LogP contribution is 2.27. The summed E-state index contributed by atoms with van der Waals surface area (Å²) in [4.78, 5) is 13.2. The fourth-order valence-corrected chi connectivity index (χ4v) is 2.91. The van der Waals surface area contributed by atoms with Crippen molar-refractivity contribution in [1.82, 2.24) is 9.59 Å². The van der Waals surface area contributed by atoms with Gasteiger partial charge in [-0.3, -0.25) is 4.79 Å². The molecule has 0 unspecified atom stereocenters. The Hall–Kier alpha value is -1.75. The lowest BCUT2D eigenvalue weighted by atomic mass is 10.0. The van der Waals surface area contributed by atoms with Gasteiger partial charge in [-0.25, -0.2) is 0 Å². The molecule has 3 rings (SSSR count). The lowest BCUT2D eigenvalue weighted by Gasteiger charge is -2.03. The maximum absolute atomic E-state index is 12.5. The van der Waals surface area contributed by atoms with E-state index in [9.17, 15) is 4.79 Å². The molecule has 1 aromatic heterocycles. The van der Waals surface area contributed by atoms with Crippen molar-refractivity contribution in [3.8, 4) is 5.75 Å². The summed E-state index contributed by atoms with van der Waals surface area (Å²) in [5.74, 6) is 0.918. The van der Waals surface area contributed by atoms with Crippen molar-refractivity contribution >= 4 is 17.3 Å². The van der Waals surface area contributed by atoms with Crippen molar-refractivity contribution in [2.75, 3.05) is 6.61 Å². The number of carbonyl (C=O) groups is 1. The summed E-state index contributed by atoms with van der Waals surface area (Å²) in [7, 11) is 0. The first-order valence-corrected chi connectivity index (χ1v) is 7.18. The molecule has 0 bridgehead atoms. The maximum Gasteiger partial charge on any atom is 0.206 e.